The molecule has 0 aliphatic rings. The van der Waals surface area contributed by atoms with Crippen LogP contribution in [0.3, 0.4) is 0 Å². The van der Waals surface area contributed by atoms with Gasteiger partial charge in [-0.15, -0.1) is 0 Å². The molecule has 0 atom stereocenters. The second-order valence-corrected chi connectivity index (χ2v) is 6.41. The fraction of sp³-hybridized carbons (Fsp3) is 0.533. The van der Waals surface area contributed by atoms with Crippen molar-refractivity contribution in [3.05, 3.63) is 29.8 Å². The van der Waals surface area contributed by atoms with Gasteiger partial charge in [-0.25, -0.2) is 13.1 Å². The first-order valence-electron chi connectivity index (χ1n) is 7.22. The highest BCUT2D eigenvalue weighted by Crippen LogP contribution is 2.12. The Balaban J connectivity index is 2.57. The monoisotopic (exact) mass is 313 g/mol. The highest BCUT2D eigenvalue weighted by Gasteiger charge is 2.17. The maximum Gasteiger partial charge on any atom is 0.264 e. The van der Waals surface area contributed by atoms with Crippen LogP contribution < -0.4 is 4.72 Å². The average Bonchev–Trinajstić information content (AvgIpc) is 2.44. The maximum atomic E-state index is 12.0. The van der Waals surface area contributed by atoms with Crippen molar-refractivity contribution in [3.8, 4) is 0 Å². The first kappa shape index (κ1) is 17.7. The van der Waals surface area contributed by atoms with Crippen LogP contribution in [-0.4, -0.2) is 27.5 Å². The Morgan fingerprint density at radius 2 is 1.86 bits per heavy atom. The molecule has 6 heteroatoms. The van der Waals surface area contributed by atoms with Gasteiger partial charge >= 0.3 is 0 Å². The van der Waals surface area contributed by atoms with Gasteiger partial charge < -0.3 is 4.74 Å². The molecule has 1 N–H and O–H groups in total. The third-order valence-electron chi connectivity index (χ3n) is 2.92. The summed E-state index contributed by atoms with van der Waals surface area (Å²) in [6.07, 6.45) is 2.55. The number of nitrogens with one attached hydrogen (secondary N) is 1. The first-order valence-corrected chi connectivity index (χ1v) is 8.70. The standard InChI is InChI=1S/C15H23NO4S/c1-3-6-13-8-10-14(11-9-13)21(18,19)16-15(17)7-5-12-20-4-2/h8-11H,3-7,12H2,1-2H3,(H,16,17). The number of hydrogen-bond acceptors (Lipinski definition) is 4. The van der Waals surface area contributed by atoms with E-state index in [0.29, 0.717) is 19.6 Å². The minimum absolute atomic E-state index is 0.112. The van der Waals surface area contributed by atoms with E-state index in [1.807, 2.05) is 6.92 Å². The van der Waals surface area contributed by atoms with Gasteiger partial charge in [-0.1, -0.05) is 25.5 Å². The molecule has 0 aliphatic heterocycles. The topological polar surface area (TPSA) is 72.5 Å². The van der Waals surface area contributed by atoms with E-state index in [9.17, 15) is 13.2 Å². The number of carbonyl (C=O) groups excluding carboxylic acids is 1. The van der Waals surface area contributed by atoms with E-state index in [4.69, 9.17) is 4.74 Å². The first-order chi connectivity index (χ1) is 9.99. The number of amides is 1. The molecular formula is C15H23NO4S. The summed E-state index contributed by atoms with van der Waals surface area (Å²) in [4.78, 5) is 11.7. The fourth-order valence-electron chi connectivity index (χ4n) is 1.86. The molecule has 1 aromatic rings. The Hall–Kier alpha value is -1.40. The van der Waals surface area contributed by atoms with Crippen molar-refractivity contribution in [2.75, 3.05) is 13.2 Å². The molecule has 0 heterocycles. The minimum Gasteiger partial charge on any atom is -0.382 e. The van der Waals surface area contributed by atoms with E-state index in [0.717, 1.165) is 18.4 Å². The molecule has 0 saturated carbocycles. The van der Waals surface area contributed by atoms with Gasteiger partial charge in [-0.3, -0.25) is 4.79 Å². The highest BCUT2D eigenvalue weighted by atomic mass is 32.2. The van der Waals surface area contributed by atoms with Gasteiger partial charge in [0.2, 0.25) is 5.91 Å². The molecule has 0 aromatic heterocycles. The van der Waals surface area contributed by atoms with Crippen molar-refractivity contribution in [2.24, 2.45) is 0 Å². The Morgan fingerprint density at radius 3 is 2.43 bits per heavy atom. The van der Waals surface area contributed by atoms with Crippen LogP contribution in [0.4, 0.5) is 0 Å². The minimum atomic E-state index is -3.77. The number of rotatable bonds is 9. The largest absolute Gasteiger partial charge is 0.382 e. The second-order valence-electron chi connectivity index (χ2n) is 4.72. The molecule has 0 spiro atoms. The van der Waals surface area contributed by atoms with Crippen molar-refractivity contribution < 1.29 is 17.9 Å². The van der Waals surface area contributed by atoms with Crippen molar-refractivity contribution in [3.63, 3.8) is 0 Å². The van der Waals surface area contributed by atoms with Gasteiger partial charge in [0, 0.05) is 19.6 Å². The number of hydrogen-bond donors (Lipinski definition) is 1. The molecule has 1 rings (SSSR count). The zero-order valence-corrected chi connectivity index (χ0v) is 13.4. The van der Waals surface area contributed by atoms with Crippen LogP contribution in [0.2, 0.25) is 0 Å². The number of sulfonamides is 1. The molecule has 0 fully saturated rings. The molecule has 118 valence electrons. The predicted molar refractivity (Wildman–Crippen MR) is 81.5 cm³/mol. The molecule has 5 nitrogen and oxygen atoms in total. The number of benzene rings is 1. The summed E-state index contributed by atoms with van der Waals surface area (Å²) < 4.78 is 31.3. The van der Waals surface area contributed by atoms with E-state index in [-0.39, 0.29) is 11.3 Å². The van der Waals surface area contributed by atoms with Crippen molar-refractivity contribution in [2.45, 2.75) is 44.4 Å². The zero-order chi connectivity index (χ0) is 15.7. The van der Waals surface area contributed by atoms with Gasteiger partial charge in [-0.2, -0.15) is 0 Å². The molecular weight excluding hydrogens is 290 g/mol. The van der Waals surface area contributed by atoms with Crippen LogP contribution in [0.1, 0.15) is 38.7 Å². The van der Waals surface area contributed by atoms with Crippen molar-refractivity contribution in [1.82, 2.24) is 4.72 Å². The van der Waals surface area contributed by atoms with Gasteiger partial charge in [0.1, 0.15) is 0 Å². The van der Waals surface area contributed by atoms with E-state index in [1.54, 1.807) is 12.1 Å². The smallest absolute Gasteiger partial charge is 0.264 e. The number of carbonyl (C=O) groups is 1. The van der Waals surface area contributed by atoms with Crippen molar-refractivity contribution in [1.29, 1.82) is 0 Å². The lowest BCUT2D eigenvalue weighted by Gasteiger charge is -2.08. The molecule has 21 heavy (non-hydrogen) atoms. The molecule has 0 radical (unpaired) electrons. The summed E-state index contributed by atoms with van der Waals surface area (Å²) in [5.41, 5.74) is 1.08. The molecule has 0 aliphatic carbocycles. The van der Waals surface area contributed by atoms with Gasteiger partial charge in [0.25, 0.3) is 10.0 Å². The van der Waals surface area contributed by atoms with Crippen LogP contribution in [0.5, 0.6) is 0 Å². The molecule has 0 bridgehead atoms. The highest BCUT2D eigenvalue weighted by molar-refractivity contribution is 7.90. The average molecular weight is 313 g/mol. The number of ether oxygens (including phenoxy) is 1. The van der Waals surface area contributed by atoms with Gasteiger partial charge in [-0.05, 0) is 37.5 Å². The third-order valence-corrected chi connectivity index (χ3v) is 4.31. The second kappa shape index (κ2) is 8.79. The van der Waals surface area contributed by atoms with Crippen LogP contribution >= 0.6 is 0 Å². The van der Waals surface area contributed by atoms with Crippen LogP contribution in [0.15, 0.2) is 29.2 Å². The fourth-order valence-corrected chi connectivity index (χ4v) is 2.88. The third kappa shape index (κ3) is 6.27. The summed E-state index contributed by atoms with van der Waals surface area (Å²) in [5.74, 6) is -0.507. The molecule has 0 saturated heterocycles. The summed E-state index contributed by atoms with van der Waals surface area (Å²) in [5, 5.41) is 0. The predicted octanol–water partition coefficient (Wildman–Crippen LogP) is 2.26. The van der Waals surface area contributed by atoms with E-state index >= 15 is 0 Å². The van der Waals surface area contributed by atoms with E-state index in [2.05, 4.69) is 11.6 Å². The molecule has 1 amide bonds. The van der Waals surface area contributed by atoms with E-state index < -0.39 is 15.9 Å². The van der Waals surface area contributed by atoms with Crippen LogP contribution in [0.25, 0.3) is 0 Å². The van der Waals surface area contributed by atoms with Gasteiger partial charge in [0.15, 0.2) is 0 Å². The summed E-state index contributed by atoms with van der Waals surface area (Å²) in [6, 6.07) is 6.61. The molecule has 0 unspecified atom stereocenters. The lowest BCUT2D eigenvalue weighted by molar-refractivity contribution is -0.119. The normalized spacial score (nSPS) is 11.3. The lowest BCUT2D eigenvalue weighted by atomic mass is 10.1. The Morgan fingerprint density at radius 1 is 1.19 bits per heavy atom. The Labute approximate surface area is 126 Å². The molecule has 1 aromatic carbocycles. The van der Waals surface area contributed by atoms with Crippen molar-refractivity contribution >= 4 is 15.9 Å². The SMILES string of the molecule is CCCc1ccc(S(=O)(=O)NC(=O)CCCOCC)cc1. The summed E-state index contributed by atoms with van der Waals surface area (Å²) in [7, 11) is -3.77. The van der Waals surface area contributed by atoms with E-state index in [1.165, 1.54) is 12.1 Å². The lowest BCUT2D eigenvalue weighted by Crippen LogP contribution is -2.30. The van der Waals surface area contributed by atoms with Gasteiger partial charge in [0.05, 0.1) is 4.90 Å². The summed E-state index contributed by atoms with van der Waals surface area (Å²) >= 11 is 0. The maximum absolute atomic E-state index is 12.0. The summed E-state index contributed by atoms with van der Waals surface area (Å²) in [6.45, 7) is 4.97. The zero-order valence-electron chi connectivity index (χ0n) is 12.6. The van der Waals surface area contributed by atoms with Crippen LogP contribution in [-0.2, 0) is 26.0 Å². The Bertz CT molecular complexity index is 537. The quantitative estimate of drug-likeness (QED) is 0.710. The Kier molecular flexibility index (Phi) is 7.39. The number of aryl methyl sites for hydroxylation is 1. The van der Waals surface area contributed by atoms with Crippen LogP contribution in [0, 0.1) is 0 Å².